The second-order valence-corrected chi connectivity index (χ2v) is 9.45. The highest BCUT2D eigenvalue weighted by molar-refractivity contribution is 5.80. The SMILES string of the molecule is CCC1NC(C2CCC3C(CC[C@H]3NC(=O)C3CNN(CCCO)C3C)C2)NO1. The van der Waals surface area contributed by atoms with Gasteiger partial charge in [0, 0.05) is 31.8 Å². The van der Waals surface area contributed by atoms with Crippen molar-refractivity contribution in [2.75, 3.05) is 19.7 Å². The Bertz CT molecular complexity index is 564. The Morgan fingerprint density at radius 2 is 2.07 bits per heavy atom. The summed E-state index contributed by atoms with van der Waals surface area (Å²) in [4.78, 5) is 18.6. The smallest absolute Gasteiger partial charge is 0.226 e. The molecule has 2 aliphatic carbocycles. The molecular formula is C21H39N5O3. The van der Waals surface area contributed by atoms with E-state index in [0.717, 1.165) is 25.8 Å². The van der Waals surface area contributed by atoms with E-state index in [1.807, 2.05) is 0 Å². The molecule has 2 aliphatic heterocycles. The Hall–Kier alpha value is -0.770. The van der Waals surface area contributed by atoms with Crippen molar-refractivity contribution < 1.29 is 14.7 Å². The fraction of sp³-hybridized carbons (Fsp3) is 0.952. The van der Waals surface area contributed by atoms with Gasteiger partial charge in [0.1, 0.15) is 6.23 Å². The quantitative estimate of drug-likeness (QED) is 0.422. The van der Waals surface area contributed by atoms with Crippen molar-refractivity contribution in [2.24, 2.45) is 23.7 Å². The average molecular weight is 410 g/mol. The minimum atomic E-state index is -0.0147. The standard InChI is InChI=1S/C21H39N5O3/c1-3-19-24-20(25-29-19)15-5-7-16-14(11-15)6-8-18(16)23-21(28)17-12-22-26(13(17)2)9-4-10-27/h13-20,22,24-25,27H,3-12H2,1-2H3,(H,23,28)/t13?,14?,15?,16?,17?,18-,19?,20?/m1/s1. The number of carbonyl (C=O) groups excluding carboxylic acids is 1. The number of aliphatic hydroxyl groups is 1. The van der Waals surface area contributed by atoms with Gasteiger partial charge in [-0.1, -0.05) is 6.92 Å². The lowest BCUT2D eigenvalue weighted by Crippen LogP contribution is -2.48. The second kappa shape index (κ2) is 9.58. The average Bonchev–Trinajstić information content (AvgIpc) is 3.45. The molecule has 4 rings (SSSR count). The summed E-state index contributed by atoms with van der Waals surface area (Å²) in [5, 5.41) is 18.1. The largest absolute Gasteiger partial charge is 0.396 e. The van der Waals surface area contributed by atoms with E-state index in [-0.39, 0.29) is 36.9 Å². The molecule has 5 N–H and O–H groups in total. The van der Waals surface area contributed by atoms with Crippen LogP contribution < -0.4 is 21.5 Å². The molecule has 2 saturated carbocycles. The van der Waals surface area contributed by atoms with Crippen molar-refractivity contribution >= 4 is 5.91 Å². The van der Waals surface area contributed by atoms with Crippen LogP contribution in [0.4, 0.5) is 0 Å². The number of fused-ring (bicyclic) bond motifs is 1. The molecule has 0 aromatic carbocycles. The molecule has 29 heavy (non-hydrogen) atoms. The molecule has 8 heteroatoms. The van der Waals surface area contributed by atoms with Crippen molar-refractivity contribution in [3.63, 3.8) is 0 Å². The summed E-state index contributed by atoms with van der Waals surface area (Å²) in [5.74, 6) is 2.13. The predicted molar refractivity (Wildman–Crippen MR) is 110 cm³/mol. The van der Waals surface area contributed by atoms with E-state index in [1.54, 1.807) is 0 Å². The number of hydroxylamine groups is 1. The number of hydrazine groups is 1. The number of amides is 1. The van der Waals surface area contributed by atoms with Gasteiger partial charge < -0.3 is 10.4 Å². The van der Waals surface area contributed by atoms with Crippen LogP contribution in [-0.2, 0) is 9.63 Å². The third-order valence-corrected chi connectivity index (χ3v) is 7.80. The molecule has 166 valence electrons. The van der Waals surface area contributed by atoms with E-state index < -0.39 is 0 Å². The van der Waals surface area contributed by atoms with Crippen LogP contribution in [0.5, 0.6) is 0 Å². The van der Waals surface area contributed by atoms with Gasteiger partial charge >= 0.3 is 0 Å². The lowest BCUT2D eigenvalue weighted by Gasteiger charge is -2.37. The van der Waals surface area contributed by atoms with Gasteiger partial charge in [-0.05, 0) is 69.6 Å². The van der Waals surface area contributed by atoms with Crippen LogP contribution >= 0.6 is 0 Å². The first-order valence-corrected chi connectivity index (χ1v) is 11.7. The van der Waals surface area contributed by atoms with Crippen LogP contribution in [0.3, 0.4) is 0 Å². The molecule has 2 heterocycles. The van der Waals surface area contributed by atoms with Crippen LogP contribution in [0.25, 0.3) is 0 Å². The van der Waals surface area contributed by atoms with Crippen molar-refractivity contribution in [1.29, 1.82) is 0 Å². The first-order valence-electron chi connectivity index (χ1n) is 11.7. The molecule has 0 aromatic rings. The zero-order chi connectivity index (χ0) is 20.4. The van der Waals surface area contributed by atoms with Crippen molar-refractivity contribution in [1.82, 2.24) is 26.5 Å². The highest BCUT2D eigenvalue weighted by Gasteiger charge is 2.45. The Morgan fingerprint density at radius 3 is 2.83 bits per heavy atom. The Kier molecular flexibility index (Phi) is 7.09. The summed E-state index contributed by atoms with van der Waals surface area (Å²) < 4.78 is 0. The number of nitrogens with one attached hydrogen (secondary N) is 4. The van der Waals surface area contributed by atoms with E-state index in [4.69, 9.17) is 9.94 Å². The minimum Gasteiger partial charge on any atom is -0.396 e. The lowest BCUT2D eigenvalue weighted by atomic mass is 9.73. The molecule has 0 radical (unpaired) electrons. The molecule has 0 spiro atoms. The number of aliphatic hydroxyl groups excluding tert-OH is 1. The van der Waals surface area contributed by atoms with Gasteiger partial charge in [-0.15, -0.1) is 0 Å². The van der Waals surface area contributed by atoms with Gasteiger partial charge in [0.25, 0.3) is 0 Å². The zero-order valence-corrected chi connectivity index (χ0v) is 17.9. The van der Waals surface area contributed by atoms with E-state index in [1.165, 1.54) is 25.7 Å². The van der Waals surface area contributed by atoms with Crippen molar-refractivity contribution in [2.45, 2.75) is 83.3 Å². The number of carbonyl (C=O) groups is 1. The maximum Gasteiger partial charge on any atom is 0.226 e. The third-order valence-electron chi connectivity index (χ3n) is 7.80. The molecule has 2 saturated heterocycles. The molecule has 7 unspecified atom stereocenters. The Labute approximate surface area is 174 Å². The summed E-state index contributed by atoms with van der Waals surface area (Å²) in [7, 11) is 0. The summed E-state index contributed by atoms with van der Waals surface area (Å²) in [5.41, 5.74) is 6.54. The third kappa shape index (κ3) is 4.62. The zero-order valence-electron chi connectivity index (χ0n) is 17.9. The highest BCUT2D eigenvalue weighted by atomic mass is 16.7. The maximum atomic E-state index is 13.0. The van der Waals surface area contributed by atoms with E-state index in [9.17, 15) is 4.79 Å². The highest BCUT2D eigenvalue weighted by Crippen LogP contribution is 2.45. The molecule has 4 aliphatic rings. The minimum absolute atomic E-state index is 0.0147. The van der Waals surface area contributed by atoms with Gasteiger partial charge in [-0.2, -0.15) is 5.48 Å². The van der Waals surface area contributed by atoms with Gasteiger partial charge in [-0.25, -0.2) is 5.01 Å². The van der Waals surface area contributed by atoms with Crippen LogP contribution in [0.1, 0.15) is 58.8 Å². The molecule has 8 nitrogen and oxygen atoms in total. The predicted octanol–water partition coefficient (Wildman–Crippen LogP) is 0.691. The number of hydrogen-bond acceptors (Lipinski definition) is 7. The maximum absolute atomic E-state index is 13.0. The summed E-state index contributed by atoms with van der Waals surface area (Å²) in [6.07, 6.45) is 8.03. The van der Waals surface area contributed by atoms with Crippen molar-refractivity contribution in [3.05, 3.63) is 0 Å². The van der Waals surface area contributed by atoms with Gasteiger partial charge in [0.2, 0.25) is 5.91 Å². The van der Waals surface area contributed by atoms with E-state index in [0.29, 0.717) is 30.3 Å². The number of hydrogen-bond donors (Lipinski definition) is 5. The molecule has 0 bridgehead atoms. The van der Waals surface area contributed by atoms with E-state index in [2.05, 4.69) is 40.4 Å². The molecule has 1 amide bonds. The summed E-state index contributed by atoms with van der Waals surface area (Å²) in [6.45, 7) is 5.90. The van der Waals surface area contributed by atoms with Gasteiger partial charge in [0.05, 0.1) is 12.1 Å². The molecule has 0 aromatic heterocycles. The van der Waals surface area contributed by atoms with Gasteiger partial charge in [0.15, 0.2) is 0 Å². The van der Waals surface area contributed by atoms with Crippen LogP contribution in [0, 0.1) is 23.7 Å². The lowest BCUT2D eigenvalue weighted by molar-refractivity contribution is -0.126. The topological polar surface area (TPSA) is 97.9 Å². The first-order chi connectivity index (χ1) is 14.1. The number of nitrogens with zero attached hydrogens (tertiary/aromatic N) is 1. The van der Waals surface area contributed by atoms with Gasteiger partial charge in [-0.3, -0.25) is 20.4 Å². The van der Waals surface area contributed by atoms with E-state index >= 15 is 0 Å². The monoisotopic (exact) mass is 409 g/mol. The molecule has 4 fully saturated rings. The molecular weight excluding hydrogens is 370 g/mol. The molecule has 8 atom stereocenters. The Morgan fingerprint density at radius 1 is 1.24 bits per heavy atom. The fourth-order valence-electron chi connectivity index (χ4n) is 6.00. The Balaban J connectivity index is 1.26. The summed E-state index contributed by atoms with van der Waals surface area (Å²) >= 11 is 0. The normalized spacial score (nSPS) is 42.9. The fourth-order valence-corrected chi connectivity index (χ4v) is 6.00. The van der Waals surface area contributed by atoms with Crippen LogP contribution in [0.2, 0.25) is 0 Å². The number of rotatable bonds is 7. The van der Waals surface area contributed by atoms with Crippen molar-refractivity contribution in [3.8, 4) is 0 Å². The summed E-state index contributed by atoms with van der Waals surface area (Å²) in [6, 6.07) is 0.497. The van der Waals surface area contributed by atoms with Crippen LogP contribution in [-0.4, -0.2) is 60.2 Å². The van der Waals surface area contributed by atoms with Crippen LogP contribution in [0.15, 0.2) is 0 Å². The first kappa shape index (κ1) is 21.5. The second-order valence-electron chi connectivity index (χ2n) is 9.45.